The molecule has 0 atom stereocenters. The summed E-state index contributed by atoms with van der Waals surface area (Å²) in [6, 6.07) is 3.20. The van der Waals surface area contributed by atoms with Crippen LogP contribution in [0, 0.1) is 14.9 Å². The standard InChI is InChI=1S/C10H7N5O4S/c16-8-2-1-7(15(18)19)3-6(8)4-12-14-9(17)5-11-13-10(14)20/h1-5,16H,(H,13,20)/p-1. The van der Waals surface area contributed by atoms with Crippen LogP contribution in [0.3, 0.4) is 0 Å². The zero-order chi connectivity index (χ0) is 14.7. The van der Waals surface area contributed by atoms with Crippen molar-refractivity contribution in [2.45, 2.75) is 0 Å². The fourth-order valence-electron chi connectivity index (χ4n) is 1.32. The van der Waals surface area contributed by atoms with Gasteiger partial charge in [0.05, 0.1) is 11.1 Å². The second kappa shape index (κ2) is 5.40. The molecule has 0 aliphatic rings. The number of benzene rings is 1. The maximum Gasteiger partial charge on any atom is 0.293 e. The van der Waals surface area contributed by atoms with E-state index in [9.17, 15) is 20.0 Å². The van der Waals surface area contributed by atoms with Crippen molar-refractivity contribution in [1.29, 1.82) is 0 Å². The quantitative estimate of drug-likeness (QED) is 0.371. The van der Waals surface area contributed by atoms with Crippen LogP contribution >= 0.6 is 12.2 Å². The summed E-state index contributed by atoms with van der Waals surface area (Å²) in [6.45, 7) is 0. The monoisotopic (exact) mass is 292 g/mol. The molecule has 1 aromatic heterocycles. The van der Waals surface area contributed by atoms with E-state index in [1.807, 2.05) is 0 Å². The van der Waals surface area contributed by atoms with Gasteiger partial charge in [-0.15, -0.1) is 0 Å². The van der Waals surface area contributed by atoms with Crippen molar-refractivity contribution in [3.63, 3.8) is 0 Å². The number of aromatic nitrogens is 3. The van der Waals surface area contributed by atoms with E-state index in [1.54, 1.807) is 0 Å². The minimum Gasteiger partial charge on any atom is -0.872 e. The van der Waals surface area contributed by atoms with E-state index in [1.165, 1.54) is 0 Å². The highest BCUT2D eigenvalue weighted by Crippen LogP contribution is 2.19. The molecule has 1 aromatic carbocycles. The van der Waals surface area contributed by atoms with Gasteiger partial charge in [-0.25, -0.2) is 0 Å². The predicted octanol–water partition coefficient (Wildman–Crippen LogP) is 0.165. The third kappa shape index (κ3) is 2.75. The van der Waals surface area contributed by atoms with E-state index in [4.69, 9.17) is 12.2 Å². The summed E-state index contributed by atoms with van der Waals surface area (Å²) in [4.78, 5) is 21.4. The molecule has 1 heterocycles. The molecule has 0 spiro atoms. The highest BCUT2D eigenvalue weighted by molar-refractivity contribution is 7.71. The first-order valence-corrected chi connectivity index (χ1v) is 5.56. The Labute approximate surface area is 116 Å². The summed E-state index contributed by atoms with van der Waals surface area (Å²) in [7, 11) is 0. The first-order chi connectivity index (χ1) is 9.49. The van der Waals surface area contributed by atoms with Crippen LogP contribution < -0.4 is 10.7 Å². The largest absolute Gasteiger partial charge is 0.872 e. The summed E-state index contributed by atoms with van der Waals surface area (Å²) < 4.78 is 0.743. The Hall–Kier alpha value is -2.88. The lowest BCUT2D eigenvalue weighted by atomic mass is 10.2. The smallest absolute Gasteiger partial charge is 0.293 e. The molecule has 0 aliphatic heterocycles. The Morgan fingerprint density at radius 3 is 2.90 bits per heavy atom. The predicted molar refractivity (Wildman–Crippen MR) is 69.2 cm³/mol. The van der Waals surface area contributed by atoms with Gasteiger partial charge in [-0.1, -0.05) is 11.8 Å². The highest BCUT2D eigenvalue weighted by Gasteiger charge is 2.05. The van der Waals surface area contributed by atoms with Gasteiger partial charge in [-0.2, -0.15) is 14.9 Å². The molecular weight excluding hydrogens is 286 g/mol. The lowest BCUT2D eigenvalue weighted by Crippen LogP contribution is -2.18. The van der Waals surface area contributed by atoms with Crippen LogP contribution in [0.2, 0.25) is 0 Å². The van der Waals surface area contributed by atoms with E-state index < -0.39 is 16.2 Å². The molecule has 0 radical (unpaired) electrons. The molecule has 0 aliphatic carbocycles. The Balaban J connectivity index is 2.46. The third-order valence-corrected chi connectivity index (χ3v) is 2.52. The van der Waals surface area contributed by atoms with E-state index in [-0.39, 0.29) is 16.0 Å². The van der Waals surface area contributed by atoms with Crippen molar-refractivity contribution in [3.8, 4) is 5.75 Å². The van der Waals surface area contributed by atoms with Crippen molar-refractivity contribution in [2.24, 2.45) is 5.10 Å². The van der Waals surface area contributed by atoms with E-state index in [2.05, 4.69) is 15.3 Å². The Morgan fingerprint density at radius 1 is 1.50 bits per heavy atom. The number of hydrogen-bond acceptors (Lipinski definition) is 7. The van der Waals surface area contributed by atoms with Gasteiger partial charge in [-0.3, -0.25) is 20.0 Å². The summed E-state index contributed by atoms with van der Waals surface area (Å²) >= 11 is 4.80. The van der Waals surface area contributed by atoms with Crippen LogP contribution in [0.1, 0.15) is 5.56 Å². The maximum atomic E-state index is 11.5. The topological polar surface area (TPSA) is 129 Å². The third-order valence-electron chi connectivity index (χ3n) is 2.25. The number of non-ortho nitro benzene ring substituents is 1. The van der Waals surface area contributed by atoms with Gasteiger partial charge in [0.25, 0.3) is 11.2 Å². The number of nitro benzene ring substituents is 1. The fraction of sp³-hybridized carbons (Fsp3) is 0. The molecule has 1 N–H and O–H groups in total. The van der Waals surface area contributed by atoms with E-state index in [0.717, 1.165) is 35.3 Å². The Morgan fingerprint density at radius 2 is 2.25 bits per heavy atom. The number of H-pyrrole nitrogens is 1. The molecular formula is C10H6N5O4S-. The van der Waals surface area contributed by atoms with Gasteiger partial charge in [-0.05, 0) is 17.8 Å². The van der Waals surface area contributed by atoms with Crippen LogP contribution in [0.25, 0.3) is 0 Å². The molecule has 0 bridgehead atoms. The molecule has 0 saturated carbocycles. The van der Waals surface area contributed by atoms with Crippen molar-refractivity contribution in [1.82, 2.24) is 14.9 Å². The van der Waals surface area contributed by atoms with Crippen LogP contribution in [0.15, 0.2) is 34.3 Å². The molecule has 0 saturated heterocycles. The minimum atomic E-state index is -0.637. The van der Waals surface area contributed by atoms with Crippen LogP contribution in [0.4, 0.5) is 5.69 Å². The van der Waals surface area contributed by atoms with Gasteiger partial charge in [0, 0.05) is 12.1 Å². The Bertz CT molecular complexity index is 782. The number of nitrogens with zero attached hydrogens (tertiary/aromatic N) is 4. The number of rotatable bonds is 3. The molecule has 0 amide bonds. The van der Waals surface area contributed by atoms with Gasteiger partial charge < -0.3 is 5.11 Å². The zero-order valence-electron chi connectivity index (χ0n) is 9.72. The fourth-order valence-corrected chi connectivity index (χ4v) is 1.51. The molecule has 0 fully saturated rings. The van der Waals surface area contributed by atoms with Crippen molar-refractivity contribution < 1.29 is 10.0 Å². The van der Waals surface area contributed by atoms with E-state index in [0.29, 0.717) is 0 Å². The number of aromatic amines is 1. The average Bonchev–Trinajstić information content (AvgIpc) is 2.39. The van der Waals surface area contributed by atoms with Crippen LogP contribution in [-0.4, -0.2) is 26.0 Å². The molecule has 20 heavy (non-hydrogen) atoms. The molecule has 9 nitrogen and oxygen atoms in total. The van der Waals surface area contributed by atoms with Gasteiger partial charge in [0.1, 0.15) is 6.20 Å². The highest BCUT2D eigenvalue weighted by atomic mass is 32.1. The molecule has 10 heteroatoms. The van der Waals surface area contributed by atoms with Crippen molar-refractivity contribution >= 4 is 24.1 Å². The molecule has 2 aromatic rings. The second-order valence-electron chi connectivity index (χ2n) is 3.55. The van der Waals surface area contributed by atoms with Crippen LogP contribution in [-0.2, 0) is 0 Å². The van der Waals surface area contributed by atoms with Crippen molar-refractivity contribution in [2.75, 3.05) is 0 Å². The minimum absolute atomic E-state index is 0.0303. The summed E-state index contributed by atoms with van der Waals surface area (Å²) in [6.07, 6.45) is 1.99. The maximum absolute atomic E-state index is 11.5. The molecule has 2 rings (SSSR count). The lowest BCUT2D eigenvalue weighted by Gasteiger charge is -2.08. The first-order valence-electron chi connectivity index (χ1n) is 5.15. The van der Waals surface area contributed by atoms with Gasteiger partial charge in [0.15, 0.2) is 0 Å². The number of nitrogens with one attached hydrogen (secondary N) is 1. The molecule has 0 unspecified atom stereocenters. The second-order valence-corrected chi connectivity index (χ2v) is 3.94. The number of nitro groups is 1. The SMILES string of the molecule is O=c1cn[nH]c(=S)n1N=Cc1cc([N+](=O)[O-])ccc1[O-]. The normalized spacial score (nSPS) is 10.8. The zero-order valence-corrected chi connectivity index (χ0v) is 10.5. The lowest BCUT2D eigenvalue weighted by molar-refractivity contribution is -0.385. The summed E-state index contributed by atoms with van der Waals surface area (Å²) in [5.41, 5.74) is -0.876. The Kier molecular flexibility index (Phi) is 3.66. The summed E-state index contributed by atoms with van der Waals surface area (Å²) in [5.74, 6) is -0.462. The van der Waals surface area contributed by atoms with Gasteiger partial charge in [0.2, 0.25) is 4.77 Å². The average molecular weight is 292 g/mol. The molecule has 102 valence electrons. The first kappa shape index (κ1) is 13.5. The number of hydrogen-bond donors (Lipinski definition) is 1. The van der Waals surface area contributed by atoms with Crippen LogP contribution in [0.5, 0.6) is 5.75 Å². The van der Waals surface area contributed by atoms with E-state index >= 15 is 0 Å². The summed E-state index contributed by atoms with van der Waals surface area (Å²) in [5, 5.41) is 31.7. The van der Waals surface area contributed by atoms with Gasteiger partial charge >= 0.3 is 0 Å². The van der Waals surface area contributed by atoms with Crippen molar-refractivity contribution in [3.05, 3.63) is 55.2 Å².